The lowest BCUT2D eigenvalue weighted by Crippen LogP contribution is -2.37. The van der Waals surface area contributed by atoms with Gasteiger partial charge in [-0.1, -0.05) is 11.6 Å². The Kier molecular flexibility index (Phi) is 1.77. The second-order valence-electron chi connectivity index (χ2n) is 4.20. The smallest absolute Gasteiger partial charge is 0.116 e. The Hall–Kier alpha value is -0.340. The number of fused-ring (bicyclic) bond motifs is 1. The topological polar surface area (TPSA) is 32.8 Å². The van der Waals surface area contributed by atoms with Gasteiger partial charge in [0, 0.05) is 0 Å². The van der Waals surface area contributed by atoms with Gasteiger partial charge in [-0.2, -0.15) is 0 Å². The molecule has 2 heteroatoms. The van der Waals surface area contributed by atoms with Gasteiger partial charge < -0.3 is 9.84 Å². The van der Waals surface area contributed by atoms with Crippen LogP contribution in [0.3, 0.4) is 0 Å². The first-order valence-corrected chi connectivity index (χ1v) is 4.66. The fraction of sp³-hybridized carbons (Fsp3) is 0.800. The minimum atomic E-state index is -0.651. The van der Waals surface area contributed by atoms with Crippen LogP contribution in [0.4, 0.5) is 0 Å². The zero-order valence-corrected chi connectivity index (χ0v) is 7.71. The quantitative estimate of drug-likeness (QED) is 0.477. The number of aliphatic hydroxyl groups is 1. The van der Waals surface area contributed by atoms with Crippen molar-refractivity contribution in [3.05, 3.63) is 11.6 Å². The zero-order valence-electron chi connectivity index (χ0n) is 7.71. The summed E-state index contributed by atoms with van der Waals surface area (Å²) in [7, 11) is 0. The van der Waals surface area contributed by atoms with Crippen LogP contribution in [0.15, 0.2) is 11.6 Å². The number of rotatable bonds is 1. The minimum Gasteiger partial charge on any atom is -0.383 e. The molecule has 3 atom stereocenters. The van der Waals surface area contributed by atoms with Crippen LogP contribution in [0.25, 0.3) is 0 Å². The summed E-state index contributed by atoms with van der Waals surface area (Å²) in [6.45, 7) is 4.04. The minimum absolute atomic E-state index is 0.0983. The Morgan fingerprint density at radius 2 is 2.33 bits per heavy atom. The molecule has 12 heavy (non-hydrogen) atoms. The molecule has 0 amide bonds. The summed E-state index contributed by atoms with van der Waals surface area (Å²) in [5, 5.41) is 10.2. The maximum atomic E-state index is 10.2. The van der Waals surface area contributed by atoms with Gasteiger partial charge in [0.15, 0.2) is 0 Å². The van der Waals surface area contributed by atoms with E-state index in [9.17, 15) is 5.11 Å². The van der Waals surface area contributed by atoms with Crippen molar-refractivity contribution < 1.29 is 9.84 Å². The number of ether oxygens (including phenoxy) is 1. The van der Waals surface area contributed by atoms with E-state index in [2.05, 4.69) is 0 Å². The standard InChI is InChI=1S/C10H16O2/c1-7(2)6-10(11)5-3-4-8-9(10)12-8/h6,8-9,11H,3-5H2,1-2H3/t8-,9-,10?/m1/s1. The van der Waals surface area contributed by atoms with Crippen molar-refractivity contribution in [3.8, 4) is 0 Å². The highest BCUT2D eigenvalue weighted by Crippen LogP contribution is 2.44. The molecule has 0 aromatic carbocycles. The average Bonchev–Trinajstić information content (AvgIpc) is 2.64. The van der Waals surface area contributed by atoms with Crippen LogP contribution in [0.2, 0.25) is 0 Å². The third kappa shape index (κ3) is 1.29. The molecule has 0 aromatic heterocycles. The van der Waals surface area contributed by atoms with Crippen molar-refractivity contribution in [2.75, 3.05) is 0 Å². The molecule has 1 unspecified atom stereocenters. The van der Waals surface area contributed by atoms with Gasteiger partial charge in [0.1, 0.15) is 11.7 Å². The molecule has 2 rings (SSSR count). The lowest BCUT2D eigenvalue weighted by atomic mass is 9.84. The van der Waals surface area contributed by atoms with Crippen LogP contribution in [0.5, 0.6) is 0 Å². The van der Waals surface area contributed by atoms with Gasteiger partial charge >= 0.3 is 0 Å². The molecular weight excluding hydrogens is 152 g/mol. The van der Waals surface area contributed by atoms with E-state index >= 15 is 0 Å². The molecule has 0 aromatic rings. The third-order valence-electron chi connectivity index (χ3n) is 2.68. The maximum absolute atomic E-state index is 10.2. The lowest BCUT2D eigenvalue weighted by Gasteiger charge is -2.26. The van der Waals surface area contributed by atoms with E-state index in [-0.39, 0.29) is 6.10 Å². The molecule has 2 aliphatic rings. The van der Waals surface area contributed by atoms with E-state index in [0.29, 0.717) is 6.10 Å². The summed E-state index contributed by atoms with van der Waals surface area (Å²) >= 11 is 0. The molecule has 0 bridgehead atoms. The van der Waals surface area contributed by atoms with Crippen molar-refractivity contribution >= 4 is 0 Å². The summed E-state index contributed by atoms with van der Waals surface area (Å²) in [5.74, 6) is 0. The summed E-state index contributed by atoms with van der Waals surface area (Å²) in [6.07, 6.45) is 5.47. The Morgan fingerprint density at radius 1 is 1.58 bits per heavy atom. The number of hydrogen-bond donors (Lipinski definition) is 1. The van der Waals surface area contributed by atoms with Crippen molar-refractivity contribution in [1.82, 2.24) is 0 Å². The number of hydrogen-bond acceptors (Lipinski definition) is 2. The van der Waals surface area contributed by atoms with E-state index in [1.165, 1.54) is 5.57 Å². The highest BCUT2D eigenvalue weighted by Gasteiger charge is 2.54. The van der Waals surface area contributed by atoms with Crippen LogP contribution in [-0.2, 0) is 4.74 Å². The lowest BCUT2D eigenvalue weighted by molar-refractivity contribution is 0.0453. The van der Waals surface area contributed by atoms with Crippen LogP contribution in [0, 0.1) is 0 Å². The molecule has 2 fully saturated rings. The van der Waals surface area contributed by atoms with Gasteiger partial charge in [-0.25, -0.2) is 0 Å². The third-order valence-corrected chi connectivity index (χ3v) is 2.68. The van der Waals surface area contributed by atoms with E-state index in [0.717, 1.165) is 19.3 Å². The predicted octanol–water partition coefficient (Wildman–Crippen LogP) is 1.64. The molecule has 1 N–H and O–H groups in total. The highest BCUT2D eigenvalue weighted by atomic mass is 16.6. The van der Waals surface area contributed by atoms with Gasteiger partial charge in [-0.05, 0) is 33.1 Å². The fourth-order valence-corrected chi connectivity index (χ4v) is 2.18. The second-order valence-corrected chi connectivity index (χ2v) is 4.20. The largest absolute Gasteiger partial charge is 0.383 e. The summed E-state index contributed by atoms with van der Waals surface area (Å²) < 4.78 is 5.40. The Morgan fingerprint density at radius 3 is 3.00 bits per heavy atom. The molecule has 68 valence electrons. The average molecular weight is 168 g/mol. The van der Waals surface area contributed by atoms with Crippen molar-refractivity contribution in [2.45, 2.75) is 50.9 Å². The number of allylic oxidation sites excluding steroid dienone is 1. The van der Waals surface area contributed by atoms with E-state index < -0.39 is 5.60 Å². The SMILES string of the molecule is CC(C)=CC1(O)CCC[C@H]2O[C@H]21. The van der Waals surface area contributed by atoms with E-state index in [4.69, 9.17) is 4.74 Å². The van der Waals surface area contributed by atoms with Gasteiger partial charge in [0.25, 0.3) is 0 Å². The first kappa shape index (κ1) is 8.27. The van der Waals surface area contributed by atoms with Gasteiger partial charge in [0.05, 0.1) is 6.10 Å². The Labute approximate surface area is 73.2 Å². The van der Waals surface area contributed by atoms with Crippen LogP contribution >= 0.6 is 0 Å². The Bertz CT molecular complexity index is 218. The number of epoxide rings is 1. The first-order valence-electron chi connectivity index (χ1n) is 4.66. The zero-order chi connectivity index (χ0) is 8.77. The molecule has 1 aliphatic carbocycles. The second kappa shape index (κ2) is 2.57. The molecule has 1 saturated heterocycles. The molecule has 0 radical (unpaired) electrons. The molecule has 1 heterocycles. The van der Waals surface area contributed by atoms with Crippen LogP contribution < -0.4 is 0 Å². The molecule has 1 saturated carbocycles. The van der Waals surface area contributed by atoms with Crippen LogP contribution in [0.1, 0.15) is 33.1 Å². The van der Waals surface area contributed by atoms with E-state index in [1.807, 2.05) is 19.9 Å². The normalized spacial score (nSPS) is 44.9. The molecule has 2 nitrogen and oxygen atoms in total. The van der Waals surface area contributed by atoms with Gasteiger partial charge in [-0.3, -0.25) is 0 Å². The summed E-state index contributed by atoms with van der Waals surface area (Å²) in [6, 6.07) is 0. The van der Waals surface area contributed by atoms with Crippen molar-refractivity contribution in [1.29, 1.82) is 0 Å². The fourth-order valence-electron chi connectivity index (χ4n) is 2.18. The van der Waals surface area contributed by atoms with Crippen molar-refractivity contribution in [2.24, 2.45) is 0 Å². The van der Waals surface area contributed by atoms with Gasteiger partial charge in [-0.15, -0.1) is 0 Å². The molecule has 1 aliphatic heterocycles. The maximum Gasteiger partial charge on any atom is 0.116 e. The molecule has 0 spiro atoms. The highest BCUT2D eigenvalue weighted by molar-refractivity contribution is 5.17. The molecular formula is C10H16O2. The summed E-state index contributed by atoms with van der Waals surface area (Å²) in [4.78, 5) is 0. The van der Waals surface area contributed by atoms with Crippen molar-refractivity contribution in [3.63, 3.8) is 0 Å². The first-order chi connectivity index (χ1) is 5.62. The van der Waals surface area contributed by atoms with E-state index in [1.54, 1.807) is 0 Å². The Balaban J connectivity index is 2.14. The monoisotopic (exact) mass is 168 g/mol. The van der Waals surface area contributed by atoms with Crippen LogP contribution in [-0.4, -0.2) is 22.9 Å². The predicted molar refractivity (Wildman–Crippen MR) is 46.9 cm³/mol. The summed E-state index contributed by atoms with van der Waals surface area (Å²) in [5.41, 5.74) is 0.524. The van der Waals surface area contributed by atoms with Gasteiger partial charge in [0.2, 0.25) is 0 Å².